The maximum absolute atomic E-state index is 9.97. The molecule has 69 valence electrons. The zero-order chi connectivity index (χ0) is 9.68. The van der Waals surface area contributed by atoms with E-state index in [4.69, 9.17) is 4.74 Å². The number of hydrogen-bond donors (Lipinski definition) is 1. The Kier molecular flexibility index (Phi) is 3.31. The van der Waals surface area contributed by atoms with Crippen LogP contribution in [0.1, 0.15) is 13.8 Å². The Morgan fingerprint density at radius 2 is 1.92 bits per heavy atom. The predicted octanol–water partition coefficient (Wildman–Crippen LogP) is 1.95. The van der Waals surface area contributed by atoms with Crippen LogP contribution in [0, 0.1) is 0 Å². The van der Waals surface area contributed by atoms with E-state index >= 15 is 0 Å². The van der Waals surface area contributed by atoms with Crippen molar-refractivity contribution in [2.45, 2.75) is 20.0 Å². The molecule has 0 atom stereocenters. The fourth-order valence-corrected chi connectivity index (χ4v) is 0.948. The van der Waals surface area contributed by atoms with Crippen molar-refractivity contribution in [1.29, 1.82) is 0 Å². The summed E-state index contributed by atoms with van der Waals surface area (Å²) in [5.41, 5.74) is 0.714. The summed E-state index contributed by atoms with van der Waals surface area (Å²) >= 11 is 0. The zero-order valence-electron chi connectivity index (χ0n) is 7.70. The van der Waals surface area contributed by atoms with Gasteiger partial charge in [-0.2, -0.15) is 0 Å². The second-order valence-corrected chi connectivity index (χ2v) is 2.92. The summed E-state index contributed by atoms with van der Waals surface area (Å²) in [7, 11) is 0. The van der Waals surface area contributed by atoms with Crippen molar-refractivity contribution in [3.05, 3.63) is 24.3 Å². The van der Waals surface area contributed by atoms with Gasteiger partial charge in [0.15, 0.2) is 0 Å². The second kappa shape index (κ2) is 4.50. The molecule has 3 heteroatoms. The lowest BCUT2D eigenvalue weighted by atomic mass is 10.3. The molecule has 0 bridgehead atoms. The molecule has 1 aromatic carbocycles. The molecule has 3 nitrogen and oxygen atoms in total. The third kappa shape index (κ3) is 3.15. The molecule has 0 aliphatic rings. The monoisotopic (exact) mass is 178 g/mol. The Morgan fingerprint density at radius 3 is 2.38 bits per heavy atom. The molecule has 0 aliphatic carbocycles. The Morgan fingerprint density at radius 1 is 1.31 bits per heavy atom. The fraction of sp³-hybridized carbons (Fsp3) is 0.300. The molecule has 0 unspecified atom stereocenters. The topological polar surface area (TPSA) is 38.3 Å². The van der Waals surface area contributed by atoms with Crippen LogP contribution in [0.25, 0.3) is 0 Å². The maximum atomic E-state index is 9.97. The molecule has 0 aliphatic heterocycles. The van der Waals surface area contributed by atoms with Gasteiger partial charge in [0.05, 0.1) is 6.10 Å². The summed E-state index contributed by atoms with van der Waals surface area (Å²) in [6, 6.07) is 7.14. The zero-order valence-corrected chi connectivity index (χ0v) is 7.70. The molecular weight excluding hydrogens is 166 g/mol. The first-order chi connectivity index (χ1) is 6.22. The normalized spacial score (nSPS) is 9.77. The van der Waals surface area contributed by atoms with Gasteiger partial charge in [0, 0.05) is 5.69 Å². The van der Waals surface area contributed by atoms with Crippen LogP contribution in [0.5, 0.6) is 5.75 Å². The minimum absolute atomic E-state index is 0.163. The highest BCUT2D eigenvalue weighted by atomic mass is 16.5. The van der Waals surface area contributed by atoms with E-state index in [0.29, 0.717) is 5.69 Å². The molecule has 13 heavy (non-hydrogen) atoms. The van der Waals surface area contributed by atoms with Crippen molar-refractivity contribution in [2.24, 2.45) is 0 Å². The summed E-state index contributed by atoms with van der Waals surface area (Å²) in [6.45, 7) is 3.93. The van der Waals surface area contributed by atoms with Crippen LogP contribution in [0.15, 0.2) is 24.3 Å². The fourth-order valence-electron chi connectivity index (χ4n) is 0.948. The van der Waals surface area contributed by atoms with Gasteiger partial charge in [-0.15, -0.1) is 0 Å². The first-order valence-corrected chi connectivity index (χ1v) is 4.12. The molecule has 0 saturated carbocycles. The predicted molar refractivity (Wildman–Crippen MR) is 51.5 cm³/mol. The maximum Gasteiger partial charge on any atom is 0.314 e. The van der Waals surface area contributed by atoms with Gasteiger partial charge in [0.2, 0.25) is 0 Å². The molecule has 1 aromatic rings. The lowest BCUT2D eigenvalue weighted by molar-refractivity contribution is 0.242. The van der Waals surface area contributed by atoms with Gasteiger partial charge >= 0.3 is 6.41 Å². The lowest BCUT2D eigenvalue weighted by Crippen LogP contribution is -2.05. The highest BCUT2D eigenvalue weighted by molar-refractivity contribution is 5.71. The van der Waals surface area contributed by atoms with E-state index in [-0.39, 0.29) is 6.10 Å². The van der Waals surface area contributed by atoms with Gasteiger partial charge in [-0.1, -0.05) is 0 Å². The van der Waals surface area contributed by atoms with E-state index in [2.05, 4.69) is 5.32 Å². The van der Waals surface area contributed by atoms with Crippen LogP contribution in [0.3, 0.4) is 0 Å². The van der Waals surface area contributed by atoms with Crippen molar-refractivity contribution < 1.29 is 9.53 Å². The summed E-state index contributed by atoms with van der Waals surface area (Å²) in [5, 5.41) is 2.43. The number of amides is 1. The highest BCUT2D eigenvalue weighted by Gasteiger charge is 1.96. The first-order valence-electron chi connectivity index (χ1n) is 4.12. The van der Waals surface area contributed by atoms with Gasteiger partial charge in [0.25, 0.3) is 0 Å². The largest absolute Gasteiger partial charge is 0.491 e. The summed E-state index contributed by atoms with van der Waals surface area (Å²) in [5.74, 6) is 0.798. The number of anilines is 1. The Balaban J connectivity index is 2.63. The number of benzene rings is 1. The number of rotatable bonds is 4. The molecule has 1 radical (unpaired) electrons. The van der Waals surface area contributed by atoms with E-state index in [0.717, 1.165) is 5.75 Å². The van der Waals surface area contributed by atoms with E-state index in [1.54, 1.807) is 30.7 Å². The van der Waals surface area contributed by atoms with E-state index < -0.39 is 0 Å². The number of ether oxygens (including phenoxy) is 1. The van der Waals surface area contributed by atoms with Crippen LogP contribution >= 0.6 is 0 Å². The van der Waals surface area contributed by atoms with Crippen LogP contribution in [-0.4, -0.2) is 12.5 Å². The van der Waals surface area contributed by atoms with Crippen molar-refractivity contribution in [1.82, 2.24) is 0 Å². The van der Waals surface area contributed by atoms with E-state index in [9.17, 15) is 4.79 Å². The molecule has 1 amide bonds. The minimum Gasteiger partial charge on any atom is -0.491 e. The standard InChI is InChI=1S/C10H12NO2/c1-8(2)13-10-5-3-9(4-6-10)11-7-12/h3-6,8H,1-2H3,(H,11,12). The van der Waals surface area contributed by atoms with Crippen molar-refractivity contribution in [2.75, 3.05) is 5.32 Å². The quantitative estimate of drug-likeness (QED) is 0.715. The van der Waals surface area contributed by atoms with E-state index in [1.165, 1.54) is 0 Å². The number of hydrogen-bond acceptors (Lipinski definition) is 2. The van der Waals surface area contributed by atoms with Crippen LogP contribution in [-0.2, 0) is 4.79 Å². The van der Waals surface area contributed by atoms with E-state index in [1.807, 2.05) is 13.8 Å². The molecule has 1 rings (SSSR count). The molecule has 0 saturated heterocycles. The molecule has 0 spiro atoms. The van der Waals surface area contributed by atoms with Crippen molar-refractivity contribution >= 4 is 12.1 Å². The minimum atomic E-state index is 0.163. The van der Waals surface area contributed by atoms with Crippen LogP contribution in [0.2, 0.25) is 0 Å². The number of carbonyl (C=O) groups excluding carboxylic acids is 1. The van der Waals surface area contributed by atoms with Gasteiger partial charge in [-0.3, -0.25) is 4.79 Å². The lowest BCUT2D eigenvalue weighted by Gasteiger charge is -2.09. The number of nitrogens with one attached hydrogen (secondary N) is 1. The highest BCUT2D eigenvalue weighted by Crippen LogP contribution is 2.16. The smallest absolute Gasteiger partial charge is 0.314 e. The third-order valence-electron chi connectivity index (χ3n) is 1.42. The van der Waals surface area contributed by atoms with Gasteiger partial charge in [-0.25, -0.2) is 0 Å². The van der Waals surface area contributed by atoms with Crippen molar-refractivity contribution in [3.8, 4) is 5.75 Å². The molecule has 0 aromatic heterocycles. The molecule has 1 N–H and O–H groups in total. The van der Waals surface area contributed by atoms with Crippen LogP contribution in [0.4, 0.5) is 5.69 Å². The summed E-state index contributed by atoms with van der Waals surface area (Å²) < 4.78 is 5.42. The Bertz CT molecular complexity index is 267. The van der Waals surface area contributed by atoms with Crippen LogP contribution < -0.4 is 10.1 Å². The summed E-state index contributed by atoms with van der Waals surface area (Å²) in [6.07, 6.45) is 1.77. The van der Waals surface area contributed by atoms with Gasteiger partial charge in [-0.05, 0) is 38.1 Å². The first kappa shape index (κ1) is 9.58. The third-order valence-corrected chi connectivity index (χ3v) is 1.42. The SMILES string of the molecule is CC(C)Oc1ccc(N[C]=O)cc1. The van der Waals surface area contributed by atoms with Gasteiger partial charge < -0.3 is 10.1 Å². The molecular formula is C10H12NO2. The summed E-state index contributed by atoms with van der Waals surface area (Å²) in [4.78, 5) is 9.97. The average molecular weight is 178 g/mol. The van der Waals surface area contributed by atoms with Crippen molar-refractivity contribution in [3.63, 3.8) is 0 Å². The van der Waals surface area contributed by atoms with Gasteiger partial charge in [0.1, 0.15) is 5.75 Å². The Labute approximate surface area is 77.7 Å². The Hall–Kier alpha value is -1.51. The average Bonchev–Trinajstić information content (AvgIpc) is 2.08. The second-order valence-electron chi connectivity index (χ2n) is 2.92. The molecule has 0 fully saturated rings. The molecule has 0 heterocycles.